The Morgan fingerprint density at radius 3 is 2.71 bits per heavy atom. The van der Waals surface area contributed by atoms with Crippen molar-refractivity contribution >= 4 is 28.2 Å². The number of nitrogen functional groups attached to an aromatic ring is 1. The number of aromatic nitrogens is 3. The van der Waals surface area contributed by atoms with Gasteiger partial charge in [0.25, 0.3) is 0 Å². The van der Waals surface area contributed by atoms with E-state index in [1.165, 1.54) is 7.11 Å². The van der Waals surface area contributed by atoms with Crippen molar-refractivity contribution in [2.45, 2.75) is 33.2 Å². The van der Waals surface area contributed by atoms with Gasteiger partial charge in [-0.2, -0.15) is 0 Å². The van der Waals surface area contributed by atoms with E-state index in [4.69, 9.17) is 15.2 Å². The molecule has 0 amide bonds. The zero-order valence-electron chi connectivity index (χ0n) is 23.4. The highest BCUT2D eigenvalue weighted by Gasteiger charge is 2.26. The van der Waals surface area contributed by atoms with E-state index >= 15 is 4.39 Å². The van der Waals surface area contributed by atoms with Crippen molar-refractivity contribution in [3.05, 3.63) is 101 Å². The molecular weight excluding hydrogens is 521 g/mol. The Balaban J connectivity index is 1.66. The van der Waals surface area contributed by atoms with Gasteiger partial charge in [-0.05, 0) is 73.2 Å². The maximum absolute atomic E-state index is 16.0. The van der Waals surface area contributed by atoms with Crippen LogP contribution in [0.2, 0.25) is 0 Å². The predicted octanol–water partition coefficient (Wildman–Crippen LogP) is 6.60. The first-order valence-electron chi connectivity index (χ1n) is 13.4. The Hall–Kier alpha value is -4.92. The lowest BCUT2D eigenvalue weighted by molar-refractivity contribution is 0.0601. The number of aryl methyl sites for hydroxylation is 2. The average Bonchev–Trinajstić information content (AvgIpc) is 3.46. The second kappa shape index (κ2) is 11.7. The van der Waals surface area contributed by atoms with Gasteiger partial charge in [-0.1, -0.05) is 25.1 Å². The number of hydrogen-bond donors (Lipinski definition) is 3. The number of halogens is 1. The lowest BCUT2D eigenvalue weighted by Gasteiger charge is -2.22. The monoisotopic (exact) mass is 553 g/mol. The Morgan fingerprint density at radius 2 is 1.95 bits per heavy atom. The number of nitrogens with two attached hydrogens (primary N) is 1. The number of nitrogens with one attached hydrogen (secondary N) is 2. The summed E-state index contributed by atoms with van der Waals surface area (Å²) in [5.41, 5.74) is 10.6. The number of benzene rings is 3. The van der Waals surface area contributed by atoms with Crippen molar-refractivity contribution in [1.82, 2.24) is 15.0 Å². The summed E-state index contributed by atoms with van der Waals surface area (Å²) >= 11 is 0. The van der Waals surface area contributed by atoms with E-state index in [1.54, 1.807) is 30.6 Å². The standard InChI is InChI=1S/C32H32FN5O3/c1-5-19-14-24(28(33)26(15-19)41-6-2)29(37-21-10-11-22-20(16-21)12-13-35-30(22)34)31-36-17-25(38-31)27-18(3)8-7-9-23(27)32(39)40-4/h7-17,29,37H,5-6H2,1-4H3,(H2,34,35)(H,36,38). The van der Waals surface area contributed by atoms with Gasteiger partial charge in [0, 0.05) is 28.4 Å². The second-order valence-corrected chi connectivity index (χ2v) is 9.66. The molecule has 210 valence electrons. The van der Waals surface area contributed by atoms with Crippen LogP contribution < -0.4 is 15.8 Å². The molecule has 0 spiro atoms. The zero-order chi connectivity index (χ0) is 29.1. The first-order chi connectivity index (χ1) is 19.8. The first kappa shape index (κ1) is 27.6. The van der Waals surface area contributed by atoms with Gasteiger partial charge in [0.1, 0.15) is 17.7 Å². The molecule has 0 aliphatic heterocycles. The molecule has 2 heterocycles. The van der Waals surface area contributed by atoms with Crippen LogP contribution in [0.25, 0.3) is 22.0 Å². The topological polar surface area (TPSA) is 115 Å². The minimum atomic E-state index is -0.725. The first-order valence-corrected chi connectivity index (χ1v) is 13.4. The molecule has 0 aliphatic rings. The summed E-state index contributed by atoms with van der Waals surface area (Å²) in [4.78, 5) is 24.7. The highest BCUT2D eigenvalue weighted by molar-refractivity contribution is 5.97. The summed E-state index contributed by atoms with van der Waals surface area (Å²) < 4.78 is 26.7. The lowest BCUT2D eigenvalue weighted by Crippen LogP contribution is -2.17. The molecule has 1 unspecified atom stereocenters. The molecule has 8 nitrogen and oxygen atoms in total. The number of H-pyrrole nitrogens is 1. The van der Waals surface area contributed by atoms with E-state index in [0.717, 1.165) is 27.6 Å². The Morgan fingerprint density at radius 1 is 1.12 bits per heavy atom. The molecule has 0 radical (unpaired) electrons. The molecule has 4 N–H and O–H groups in total. The SMILES string of the molecule is CCOc1cc(CC)cc(C(Nc2ccc3c(N)nccc3c2)c2ncc(-c3c(C)cccc3C(=O)OC)[nH]2)c1F. The van der Waals surface area contributed by atoms with E-state index in [1.807, 2.05) is 57.2 Å². The highest BCUT2D eigenvalue weighted by atomic mass is 19.1. The number of methoxy groups -OCH3 is 1. The van der Waals surface area contributed by atoms with Gasteiger partial charge >= 0.3 is 5.97 Å². The van der Waals surface area contributed by atoms with E-state index < -0.39 is 17.8 Å². The Bertz CT molecular complexity index is 1730. The van der Waals surface area contributed by atoms with Gasteiger partial charge in [0.15, 0.2) is 11.6 Å². The normalized spacial score (nSPS) is 11.8. The molecule has 9 heteroatoms. The van der Waals surface area contributed by atoms with Crippen molar-refractivity contribution in [3.8, 4) is 17.0 Å². The van der Waals surface area contributed by atoms with Gasteiger partial charge in [-0.25, -0.2) is 19.2 Å². The summed E-state index contributed by atoms with van der Waals surface area (Å²) in [7, 11) is 1.35. The molecular formula is C32H32FN5O3. The number of esters is 1. The van der Waals surface area contributed by atoms with Crippen LogP contribution in [-0.4, -0.2) is 34.6 Å². The van der Waals surface area contributed by atoms with E-state index in [9.17, 15) is 4.79 Å². The summed E-state index contributed by atoms with van der Waals surface area (Å²) in [6.45, 7) is 6.07. The fraction of sp³-hybridized carbons (Fsp3) is 0.219. The lowest BCUT2D eigenvalue weighted by atomic mass is 9.99. The number of pyridine rings is 1. The van der Waals surface area contributed by atoms with Crippen molar-refractivity contribution < 1.29 is 18.7 Å². The van der Waals surface area contributed by atoms with Gasteiger partial charge in [-0.3, -0.25) is 0 Å². The fourth-order valence-corrected chi connectivity index (χ4v) is 5.02. The zero-order valence-corrected chi connectivity index (χ0v) is 23.4. The maximum atomic E-state index is 16.0. The number of aromatic amines is 1. The predicted molar refractivity (Wildman–Crippen MR) is 159 cm³/mol. The van der Waals surface area contributed by atoms with E-state index in [-0.39, 0.29) is 5.75 Å². The molecule has 0 saturated heterocycles. The van der Waals surface area contributed by atoms with Crippen LogP contribution in [-0.2, 0) is 11.2 Å². The number of nitrogens with zero attached hydrogens (tertiary/aromatic N) is 2. The number of carbonyl (C=O) groups is 1. The third-order valence-electron chi connectivity index (χ3n) is 7.07. The number of rotatable bonds is 9. The number of ether oxygens (including phenoxy) is 2. The molecule has 2 aromatic heterocycles. The number of carbonyl (C=O) groups excluding carboxylic acids is 1. The minimum absolute atomic E-state index is 0.185. The average molecular weight is 554 g/mol. The molecule has 5 rings (SSSR count). The summed E-state index contributed by atoms with van der Waals surface area (Å²) in [5.74, 6) is 0.152. The molecule has 0 bridgehead atoms. The Kier molecular flexibility index (Phi) is 7.87. The largest absolute Gasteiger partial charge is 0.491 e. The van der Waals surface area contributed by atoms with Crippen LogP contribution in [0, 0.1) is 12.7 Å². The number of fused-ring (bicyclic) bond motifs is 1. The fourth-order valence-electron chi connectivity index (χ4n) is 5.02. The smallest absolute Gasteiger partial charge is 0.338 e. The summed E-state index contributed by atoms with van der Waals surface area (Å²) in [6.07, 6.45) is 3.99. The summed E-state index contributed by atoms with van der Waals surface area (Å²) in [6, 6.07) is 15.8. The van der Waals surface area contributed by atoms with Crippen molar-refractivity contribution in [2.75, 3.05) is 24.8 Å². The van der Waals surface area contributed by atoms with Crippen LogP contribution in [0.15, 0.2) is 67.0 Å². The van der Waals surface area contributed by atoms with Gasteiger partial charge in [0.2, 0.25) is 0 Å². The minimum Gasteiger partial charge on any atom is -0.491 e. The van der Waals surface area contributed by atoms with Crippen LogP contribution in [0.1, 0.15) is 52.8 Å². The van der Waals surface area contributed by atoms with Crippen LogP contribution in [0.4, 0.5) is 15.9 Å². The van der Waals surface area contributed by atoms with Crippen LogP contribution in [0.5, 0.6) is 5.75 Å². The molecule has 0 fully saturated rings. The highest BCUT2D eigenvalue weighted by Crippen LogP contribution is 2.35. The van der Waals surface area contributed by atoms with E-state index in [0.29, 0.717) is 47.1 Å². The molecule has 1 atom stereocenters. The van der Waals surface area contributed by atoms with Crippen molar-refractivity contribution in [2.24, 2.45) is 0 Å². The second-order valence-electron chi connectivity index (χ2n) is 9.66. The number of anilines is 2. The third kappa shape index (κ3) is 5.43. The summed E-state index contributed by atoms with van der Waals surface area (Å²) in [5, 5.41) is 5.18. The molecule has 41 heavy (non-hydrogen) atoms. The van der Waals surface area contributed by atoms with Crippen LogP contribution in [0.3, 0.4) is 0 Å². The molecule has 0 saturated carbocycles. The van der Waals surface area contributed by atoms with Gasteiger partial charge < -0.3 is 25.5 Å². The Labute approximate surface area is 237 Å². The van der Waals surface area contributed by atoms with Gasteiger partial charge in [-0.15, -0.1) is 0 Å². The van der Waals surface area contributed by atoms with Crippen molar-refractivity contribution in [3.63, 3.8) is 0 Å². The molecule has 0 aliphatic carbocycles. The van der Waals surface area contributed by atoms with E-state index in [2.05, 4.69) is 20.3 Å². The number of hydrogen-bond acceptors (Lipinski definition) is 7. The maximum Gasteiger partial charge on any atom is 0.338 e. The number of imidazole rings is 1. The quantitative estimate of drug-likeness (QED) is 0.176. The molecule has 3 aromatic carbocycles. The molecule has 5 aromatic rings. The van der Waals surface area contributed by atoms with Crippen LogP contribution >= 0.6 is 0 Å². The van der Waals surface area contributed by atoms with Crippen molar-refractivity contribution in [1.29, 1.82) is 0 Å². The van der Waals surface area contributed by atoms with Gasteiger partial charge in [0.05, 0.1) is 31.2 Å². The third-order valence-corrected chi connectivity index (χ3v) is 7.07.